The van der Waals surface area contributed by atoms with Crippen LogP contribution in [0.2, 0.25) is 0 Å². The number of nitrogens with zero attached hydrogens (tertiary/aromatic N) is 3. The number of rotatable bonds is 3. The molecule has 0 unspecified atom stereocenters. The molecule has 1 aromatic carbocycles. The summed E-state index contributed by atoms with van der Waals surface area (Å²) in [5.74, 6) is 1.05. The van der Waals surface area contributed by atoms with Crippen LogP contribution in [0.1, 0.15) is 39.0 Å². The number of hydrogen-bond donors (Lipinski definition) is 1. The average molecular weight is 340 g/mol. The first-order valence-corrected chi connectivity index (χ1v) is 8.09. The minimum atomic E-state index is 0. The van der Waals surface area contributed by atoms with E-state index in [1.807, 2.05) is 42.7 Å². The molecule has 6 nitrogen and oxygen atoms in total. The van der Waals surface area contributed by atoms with Gasteiger partial charge in [0.25, 0.3) is 0 Å². The number of nitrogens with one attached hydrogen (secondary N) is 1. The number of fused-ring (bicyclic) bond motifs is 1. The lowest BCUT2D eigenvalue weighted by Gasteiger charge is -2.08. The van der Waals surface area contributed by atoms with Gasteiger partial charge in [0.1, 0.15) is 0 Å². The van der Waals surface area contributed by atoms with E-state index in [0.29, 0.717) is 11.8 Å². The van der Waals surface area contributed by atoms with E-state index in [4.69, 9.17) is 4.52 Å². The largest absolute Gasteiger partial charge is 0.338 e. The highest BCUT2D eigenvalue weighted by Crippen LogP contribution is 2.52. The van der Waals surface area contributed by atoms with Crippen molar-refractivity contribution in [3.05, 3.63) is 35.5 Å². The van der Waals surface area contributed by atoms with E-state index < -0.39 is 0 Å². The van der Waals surface area contributed by atoms with Crippen molar-refractivity contribution < 1.29 is 9.32 Å². The van der Waals surface area contributed by atoms with Crippen molar-refractivity contribution in [3.8, 4) is 5.88 Å². The molecule has 3 aromatic rings. The summed E-state index contributed by atoms with van der Waals surface area (Å²) in [5, 5.41) is 6.93. The Morgan fingerprint density at radius 2 is 2.04 bits per heavy atom. The van der Waals surface area contributed by atoms with Gasteiger partial charge in [0.15, 0.2) is 0 Å². The van der Waals surface area contributed by atoms with Crippen molar-refractivity contribution in [2.24, 2.45) is 11.3 Å². The van der Waals surface area contributed by atoms with Crippen LogP contribution in [0.15, 0.2) is 28.8 Å². The van der Waals surface area contributed by atoms with Gasteiger partial charge in [-0.3, -0.25) is 10.1 Å². The molecular formula is C19H24N4O2. The standard InChI is InChI=1S/C18H20N4O2.CH4/c1-10-5-6-13-14(7-10)22(15-8-11(2)21-24-15)17(19-13)20-16(23)12-9-18(12,3)4;/h5-8,12H,9H2,1-4H3,(H,19,20,23);1H4/t12-;/m1./s1. The van der Waals surface area contributed by atoms with Crippen LogP contribution in [0.25, 0.3) is 16.9 Å². The van der Waals surface area contributed by atoms with E-state index in [2.05, 4.69) is 29.3 Å². The van der Waals surface area contributed by atoms with Crippen LogP contribution >= 0.6 is 0 Å². The monoisotopic (exact) mass is 340 g/mol. The van der Waals surface area contributed by atoms with Crippen LogP contribution in [-0.2, 0) is 4.79 Å². The van der Waals surface area contributed by atoms with Crippen molar-refractivity contribution >= 4 is 22.9 Å². The zero-order valence-electron chi connectivity index (χ0n) is 14.3. The second-order valence-corrected chi connectivity index (χ2v) is 7.30. The summed E-state index contributed by atoms with van der Waals surface area (Å²) in [5.41, 5.74) is 3.65. The quantitative estimate of drug-likeness (QED) is 0.773. The summed E-state index contributed by atoms with van der Waals surface area (Å²) in [6.07, 6.45) is 0.902. The van der Waals surface area contributed by atoms with Crippen molar-refractivity contribution in [2.75, 3.05) is 5.32 Å². The minimum Gasteiger partial charge on any atom is -0.338 e. The van der Waals surface area contributed by atoms with Crippen molar-refractivity contribution in [3.63, 3.8) is 0 Å². The molecule has 132 valence electrons. The molecule has 0 radical (unpaired) electrons. The lowest BCUT2D eigenvalue weighted by Crippen LogP contribution is -2.19. The zero-order chi connectivity index (χ0) is 17.1. The van der Waals surface area contributed by atoms with Gasteiger partial charge in [-0.15, -0.1) is 0 Å². The first-order chi connectivity index (χ1) is 11.3. The van der Waals surface area contributed by atoms with Crippen LogP contribution in [0.3, 0.4) is 0 Å². The van der Waals surface area contributed by atoms with E-state index in [1.165, 1.54) is 0 Å². The summed E-state index contributed by atoms with van der Waals surface area (Å²) in [6.45, 7) is 8.09. The van der Waals surface area contributed by atoms with Crippen LogP contribution in [0, 0.1) is 25.2 Å². The first kappa shape index (κ1) is 17.2. The highest BCUT2D eigenvalue weighted by Gasteiger charge is 2.50. The highest BCUT2D eigenvalue weighted by atomic mass is 16.5. The number of amides is 1. The topological polar surface area (TPSA) is 73.0 Å². The molecule has 1 N–H and O–H groups in total. The van der Waals surface area contributed by atoms with Gasteiger partial charge in [-0.2, -0.15) is 0 Å². The van der Waals surface area contributed by atoms with E-state index >= 15 is 0 Å². The normalized spacial score (nSPS) is 18.0. The zero-order valence-corrected chi connectivity index (χ0v) is 14.3. The molecule has 1 saturated carbocycles. The average Bonchev–Trinajstić information content (AvgIpc) is 2.82. The van der Waals surface area contributed by atoms with Gasteiger partial charge < -0.3 is 4.52 Å². The third kappa shape index (κ3) is 2.92. The fraction of sp³-hybridized carbons (Fsp3) is 0.421. The molecule has 1 fully saturated rings. The second-order valence-electron chi connectivity index (χ2n) is 7.30. The number of anilines is 1. The van der Waals surface area contributed by atoms with E-state index in [-0.39, 0.29) is 24.7 Å². The van der Waals surface area contributed by atoms with Crippen molar-refractivity contribution in [1.29, 1.82) is 0 Å². The molecule has 2 heterocycles. The molecule has 0 saturated heterocycles. The third-order valence-corrected chi connectivity index (χ3v) is 4.71. The van der Waals surface area contributed by atoms with Crippen LogP contribution in [-0.4, -0.2) is 20.6 Å². The summed E-state index contributed by atoms with van der Waals surface area (Å²) >= 11 is 0. The molecule has 0 spiro atoms. The Kier molecular flexibility index (Phi) is 3.94. The van der Waals surface area contributed by atoms with Gasteiger partial charge in [-0.25, -0.2) is 9.55 Å². The van der Waals surface area contributed by atoms with Gasteiger partial charge in [-0.05, 0) is 43.4 Å². The van der Waals surface area contributed by atoms with Crippen molar-refractivity contribution in [1.82, 2.24) is 14.7 Å². The Morgan fingerprint density at radius 3 is 2.64 bits per heavy atom. The number of aryl methyl sites for hydroxylation is 2. The van der Waals surface area contributed by atoms with Crippen LogP contribution in [0.4, 0.5) is 5.95 Å². The van der Waals surface area contributed by atoms with E-state index in [1.54, 1.807) is 0 Å². The van der Waals surface area contributed by atoms with Gasteiger partial charge >= 0.3 is 0 Å². The summed E-state index contributed by atoms with van der Waals surface area (Å²) in [6, 6.07) is 7.80. The molecule has 6 heteroatoms. The molecule has 4 rings (SSSR count). The molecule has 0 aliphatic heterocycles. The number of carbonyl (C=O) groups excluding carboxylic acids is 1. The SMILES string of the molecule is C.Cc1ccc2nc(NC(=O)[C@H]3CC3(C)C)n(-c3cc(C)no3)c2c1. The first-order valence-electron chi connectivity index (χ1n) is 8.09. The number of aromatic nitrogens is 3. The second kappa shape index (κ2) is 5.72. The van der Waals surface area contributed by atoms with E-state index in [0.717, 1.165) is 28.7 Å². The Balaban J connectivity index is 0.00000182. The molecule has 1 aliphatic rings. The maximum absolute atomic E-state index is 12.5. The van der Waals surface area contributed by atoms with Gasteiger partial charge in [-0.1, -0.05) is 32.5 Å². The maximum Gasteiger partial charge on any atom is 0.238 e. The summed E-state index contributed by atoms with van der Waals surface area (Å²) in [4.78, 5) is 17.1. The van der Waals surface area contributed by atoms with Gasteiger partial charge in [0, 0.05) is 12.0 Å². The number of benzene rings is 1. The van der Waals surface area contributed by atoms with Crippen LogP contribution < -0.4 is 5.32 Å². The predicted octanol–water partition coefficient (Wildman–Crippen LogP) is 4.25. The highest BCUT2D eigenvalue weighted by molar-refractivity contribution is 5.95. The molecule has 2 aromatic heterocycles. The smallest absolute Gasteiger partial charge is 0.238 e. The minimum absolute atomic E-state index is 0. The number of imidazole rings is 1. The van der Waals surface area contributed by atoms with Crippen LogP contribution in [0.5, 0.6) is 0 Å². The Bertz CT molecular complexity index is 952. The molecule has 1 amide bonds. The molecule has 25 heavy (non-hydrogen) atoms. The van der Waals surface area contributed by atoms with Crippen molar-refractivity contribution in [2.45, 2.75) is 41.5 Å². The maximum atomic E-state index is 12.5. The Hall–Kier alpha value is -2.63. The lowest BCUT2D eigenvalue weighted by molar-refractivity contribution is -0.118. The fourth-order valence-corrected chi connectivity index (χ4v) is 3.06. The number of hydrogen-bond acceptors (Lipinski definition) is 4. The molecule has 0 bridgehead atoms. The fourth-order valence-electron chi connectivity index (χ4n) is 3.06. The van der Waals surface area contributed by atoms with Gasteiger partial charge in [0.2, 0.25) is 17.7 Å². The van der Waals surface area contributed by atoms with Gasteiger partial charge in [0.05, 0.1) is 16.7 Å². The Labute approximate surface area is 147 Å². The molecule has 1 atom stereocenters. The lowest BCUT2D eigenvalue weighted by atomic mass is 10.1. The molecular weight excluding hydrogens is 316 g/mol. The molecule has 1 aliphatic carbocycles. The Morgan fingerprint density at radius 1 is 1.32 bits per heavy atom. The van der Waals surface area contributed by atoms with E-state index in [9.17, 15) is 4.79 Å². The predicted molar refractivity (Wildman–Crippen MR) is 97.9 cm³/mol. The number of carbonyl (C=O) groups is 1. The summed E-state index contributed by atoms with van der Waals surface area (Å²) < 4.78 is 7.23. The summed E-state index contributed by atoms with van der Waals surface area (Å²) in [7, 11) is 0. The third-order valence-electron chi connectivity index (χ3n) is 4.71.